The molecule has 0 aliphatic carbocycles. The Morgan fingerprint density at radius 1 is 0.929 bits per heavy atom. The Morgan fingerprint density at radius 3 is 2.14 bits per heavy atom. The lowest BCUT2D eigenvalue weighted by atomic mass is 10.0. The predicted octanol–water partition coefficient (Wildman–Crippen LogP) is 3.65. The summed E-state index contributed by atoms with van der Waals surface area (Å²) in [6.07, 6.45) is 0.256. The van der Waals surface area contributed by atoms with E-state index in [1.54, 1.807) is 0 Å². The van der Waals surface area contributed by atoms with E-state index in [4.69, 9.17) is 4.74 Å². The second-order valence-corrected chi connectivity index (χ2v) is 7.18. The van der Waals surface area contributed by atoms with Gasteiger partial charge in [0.05, 0.1) is 19.1 Å². The fraction of sp³-hybridized carbons (Fsp3) is 0.391. The van der Waals surface area contributed by atoms with Crippen molar-refractivity contribution in [2.75, 3.05) is 6.61 Å². The van der Waals surface area contributed by atoms with Crippen LogP contribution in [-0.2, 0) is 16.0 Å². The molecule has 2 aromatic carbocycles. The molecule has 0 fully saturated rings. The summed E-state index contributed by atoms with van der Waals surface area (Å²) in [5.41, 5.74) is 1.90. The molecule has 5 heteroatoms. The van der Waals surface area contributed by atoms with Crippen LogP contribution in [0, 0.1) is 5.92 Å². The molecule has 0 radical (unpaired) electrons. The first-order chi connectivity index (χ1) is 13.4. The summed E-state index contributed by atoms with van der Waals surface area (Å²) in [6, 6.07) is 16.4. The number of carbonyl (C=O) groups excluding carboxylic acids is 2. The third-order valence-electron chi connectivity index (χ3n) is 4.52. The molecule has 2 aromatic rings. The normalized spacial score (nSPS) is 12.9. The van der Waals surface area contributed by atoms with Gasteiger partial charge in [0.1, 0.15) is 11.8 Å². The quantitative estimate of drug-likeness (QED) is 0.696. The van der Waals surface area contributed by atoms with Crippen LogP contribution in [0.1, 0.15) is 44.9 Å². The van der Waals surface area contributed by atoms with Gasteiger partial charge in [-0.3, -0.25) is 9.59 Å². The number of benzene rings is 2. The molecule has 0 heterocycles. The summed E-state index contributed by atoms with van der Waals surface area (Å²) in [7, 11) is 0. The van der Waals surface area contributed by atoms with Crippen LogP contribution in [0.15, 0.2) is 54.6 Å². The maximum Gasteiger partial charge on any atom is 0.243 e. The minimum atomic E-state index is -0.582. The molecule has 0 saturated heterocycles. The van der Waals surface area contributed by atoms with Crippen molar-refractivity contribution in [1.82, 2.24) is 10.6 Å². The second-order valence-electron chi connectivity index (χ2n) is 7.18. The molecule has 2 amide bonds. The predicted molar refractivity (Wildman–Crippen MR) is 111 cm³/mol. The van der Waals surface area contributed by atoms with Crippen LogP contribution in [0.2, 0.25) is 0 Å². The van der Waals surface area contributed by atoms with Gasteiger partial charge in [-0.15, -0.1) is 0 Å². The highest BCUT2D eigenvalue weighted by Crippen LogP contribution is 2.18. The van der Waals surface area contributed by atoms with Gasteiger partial charge in [-0.05, 0) is 43.0 Å². The zero-order valence-corrected chi connectivity index (χ0v) is 17.1. The Morgan fingerprint density at radius 2 is 1.57 bits per heavy atom. The van der Waals surface area contributed by atoms with E-state index in [1.807, 2.05) is 82.3 Å². The topological polar surface area (TPSA) is 67.4 Å². The molecule has 28 heavy (non-hydrogen) atoms. The van der Waals surface area contributed by atoms with Crippen molar-refractivity contribution in [2.45, 2.75) is 46.2 Å². The zero-order chi connectivity index (χ0) is 20.5. The second kappa shape index (κ2) is 10.5. The van der Waals surface area contributed by atoms with Crippen molar-refractivity contribution in [3.05, 3.63) is 65.7 Å². The fourth-order valence-electron chi connectivity index (χ4n) is 2.95. The molecule has 0 saturated carbocycles. The van der Waals surface area contributed by atoms with E-state index in [0.29, 0.717) is 6.61 Å². The summed E-state index contributed by atoms with van der Waals surface area (Å²) in [6.45, 7) is 8.33. The summed E-state index contributed by atoms with van der Waals surface area (Å²) in [5.74, 6) is 0.442. The molecule has 0 bridgehead atoms. The SMILES string of the molecule is CCOc1ccc(C(C)NC(=O)C(NC(=O)Cc2ccccc2)C(C)C)cc1. The van der Waals surface area contributed by atoms with E-state index in [-0.39, 0.29) is 30.2 Å². The number of rotatable bonds is 9. The lowest BCUT2D eigenvalue weighted by Crippen LogP contribution is -2.50. The Hall–Kier alpha value is -2.82. The third-order valence-corrected chi connectivity index (χ3v) is 4.52. The first-order valence-electron chi connectivity index (χ1n) is 9.77. The molecule has 2 unspecified atom stereocenters. The largest absolute Gasteiger partial charge is 0.494 e. The molecule has 2 atom stereocenters. The highest BCUT2D eigenvalue weighted by Gasteiger charge is 2.25. The smallest absolute Gasteiger partial charge is 0.243 e. The van der Waals surface area contributed by atoms with Gasteiger partial charge in [-0.2, -0.15) is 0 Å². The monoisotopic (exact) mass is 382 g/mol. The summed E-state index contributed by atoms with van der Waals surface area (Å²) in [4.78, 5) is 25.2. The minimum absolute atomic E-state index is 0.0211. The lowest BCUT2D eigenvalue weighted by molar-refractivity contribution is -0.130. The summed E-state index contributed by atoms with van der Waals surface area (Å²) >= 11 is 0. The number of hydrogen-bond donors (Lipinski definition) is 2. The first-order valence-corrected chi connectivity index (χ1v) is 9.77. The first kappa shape index (κ1) is 21.5. The van der Waals surface area contributed by atoms with Gasteiger partial charge in [0.15, 0.2) is 0 Å². The molecule has 0 spiro atoms. The number of amides is 2. The molecule has 0 aromatic heterocycles. The highest BCUT2D eigenvalue weighted by molar-refractivity contribution is 5.88. The van der Waals surface area contributed by atoms with E-state index in [2.05, 4.69) is 10.6 Å². The van der Waals surface area contributed by atoms with Crippen LogP contribution in [0.4, 0.5) is 0 Å². The number of hydrogen-bond acceptors (Lipinski definition) is 3. The number of nitrogens with one attached hydrogen (secondary N) is 2. The van der Waals surface area contributed by atoms with Crippen molar-refractivity contribution in [3.8, 4) is 5.75 Å². The lowest BCUT2D eigenvalue weighted by Gasteiger charge is -2.24. The number of ether oxygens (including phenoxy) is 1. The Kier molecular flexibility index (Phi) is 8.05. The van der Waals surface area contributed by atoms with Crippen molar-refractivity contribution in [2.24, 2.45) is 5.92 Å². The van der Waals surface area contributed by atoms with Gasteiger partial charge in [0.25, 0.3) is 0 Å². The Bertz CT molecular complexity index is 757. The van der Waals surface area contributed by atoms with Crippen LogP contribution < -0.4 is 15.4 Å². The van der Waals surface area contributed by atoms with Crippen molar-refractivity contribution >= 4 is 11.8 Å². The van der Waals surface area contributed by atoms with Crippen LogP contribution in [-0.4, -0.2) is 24.5 Å². The van der Waals surface area contributed by atoms with E-state index in [1.165, 1.54) is 0 Å². The van der Waals surface area contributed by atoms with Gasteiger partial charge in [0, 0.05) is 0 Å². The molecule has 0 aliphatic rings. The van der Waals surface area contributed by atoms with E-state index in [9.17, 15) is 9.59 Å². The van der Waals surface area contributed by atoms with E-state index in [0.717, 1.165) is 16.9 Å². The molecule has 0 aliphatic heterocycles. The van der Waals surface area contributed by atoms with Crippen molar-refractivity contribution in [1.29, 1.82) is 0 Å². The van der Waals surface area contributed by atoms with Crippen LogP contribution in [0.3, 0.4) is 0 Å². The zero-order valence-electron chi connectivity index (χ0n) is 17.1. The molecule has 2 rings (SSSR count). The van der Waals surface area contributed by atoms with Crippen LogP contribution >= 0.6 is 0 Å². The highest BCUT2D eigenvalue weighted by atomic mass is 16.5. The average molecular weight is 383 g/mol. The van der Waals surface area contributed by atoms with E-state index < -0.39 is 6.04 Å². The average Bonchev–Trinajstić information content (AvgIpc) is 2.67. The van der Waals surface area contributed by atoms with Gasteiger partial charge < -0.3 is 15.4 Å². The van der Waals surface area contributed by atoms with Crippen LogP contribution in [0.25, 0.3) is 0 Å². The van der Waals surface area contributed by atoms with Crippen molar-refractivity contribution in [3.63, 3.8) is 0 Å². The van der Waals surface area contributed by atoms with Crippen LogP contribution in [0.5, 0.6) is 5.75 Å². The standard InChI is InChI=1S/C23H30N2O3/c1-5-28-20-13-11-19(12-14-20)17(4)24-23(27)22(16(2)3)25-21(26)15-18-9-7-6-8-10-18/h6-14,16-17,22H,5,15H2,1-4H3,(H,24,27)(H,25,26). The fourth-order valence-corrected chi connectivity index (χ4v) is 2.95. The molecular weight excluding hydrogens is 352 g/mol. The molecular formula is C23H30N2O3. The molecule has 2 N–H and O–H groups in total. The minimum Gasteiger partial charge on any atom is -0.494 e. The van der Waals surface area contributed by atoms with Gasteiger partial charge >= 0.3 is 0 Å². The summed E-state index contributed by atoms with van der Waals surface area (Å²) in [5, 5.41) is 5.88. The third kappa shape index (κ3) is 6.41. The van der Waals surface area contributed by atoms with Gasteiger partial charge in [-0.25, -0.2) is 0 Å². The molecule has 5 nitrogen and oxygen atoms in total. The van der Waals surface area contributed by atoms with Gasteiger partial charge in [-0.1, -0.05) is 56.3 Å². The molecule has 150 valence electrons. The van der Waals surface area contributed by atoms with Crippen molar-refractivity contribution < 1.29 is 14.3 Å². The number of carbonyl (C=O) groups is 2. The summed E-state index contributed by atoms with van der Waals surface area (Å²) < 4.78 is 5.45. The Balaban J connectivity index is 1.96. The van der Waals surface area contributed by atoms with E-state index >= 15 is 0 Å². The maximum atomic E-state index is 12.8. The van der Waals surface area contributed by atoms with Gasteiger partial charge in [0.2, 0.25) is 11.8 Å². The Labute approximate surface area is 167 Å². The maximum absolute atomic E-state index is 12.8.